The van der Waals surface area contributed by atoms with Gasteiger partial charge in [0.1, 0.15) is 4.83 Å². The summed E-state index contributed by atoms with van der Waals surface area (Å²) in [6.45, 7) is 7.32. The molecule has 1 amide bonds. The van der Waals surface area contributed by atoms with Crippen molar-refractivity contribution in [1.82, 2.24) is 20.0 Å². The molecule has 3 heterocycles. The van der Waals surface area contributed by atoms with Gasteiger partial charge >= 0.3 is 0 Å². The lowest BCUT2D eigenvalue weighted by atomic mass is 10.2. The molecule has 0 radical (unpaired) electrons. The van der Waals surface area contributed by atoms with Crippen LogP contribution in [0, 0.1) is 6.92 Å². The van der Waals surface area contributed by atoms with Gasteiger partial charge in [0, 0.05) is 31.1 Å². The molecule has 1 N–H and O–H groups in total. The van der Waals surface area contributed by atoms with Gasteiger partial charge in [-0.2, -0.15) is 5.10 Å². The number of carbonyl (C=O) groups is 1. The molecular formula is C19H23ClN4OS. The minimum atomic E-state index is 0. The molecule has 26 heavy (non-hydrogen) atoms. The Kier molecular flexibility index (Phi) is 5.65. The van der Waals surface area contributed by atoms with Gasteiger partial charge in [-0.3, -0.25) is 9.48 Å². The summed E-state index contributed by atoms with van der Waals surface area (Å²) in [5.74, 6) is 0.140. The third kappa shape index (κ3) is 3.49. The number of hydrogen-bond acceptors (Lipinski definition) is 4. The standard InChI is InChI=1S/C19H22N4OS.ClH/c1-13-11-20-8-9-22(13)18(24)17-10-16-14(2)21-23(19(16)25-17)12-15-6-4-3-5-7-15;/h3-7,10,13,20H,8-9,11-12H2,1-2H3;1H. The summed E-state index contributed by atoms with van der Waals surface area (Å²) in [6, 6.07) is 12.5. The van der Waals surface area contributed by atoms with Gasteiger partial charge in [0.25, 0.3) is 5.91 Å². The van der Waals surface area contributed by atoms with Crippen LogP contribution in [0.15, 0.2) is 36.4 Å². The molecular weight excluding hydrogens is 368 g/mol. The van der Waals surface area contributed by atoms with Crippen molar-refractivity contribution in [3.63, 3.8) is 0 Å². The predicted molar refractivity (Wildman–Crippen MR) is 109 cm³/mol. The molecule has 7 heteroatoms. The molecule has 138 valence electrons. The summed E-state index contributed by atoms with van der Waals surface area (Å²) in [5.41, 5.74) is 2.19. The first-order chi connectivity index (χ1) is 12.1. The van der Waals surface area contributed by atoms with Crippen LogP contribution in [0.4, 0.5) is 0 Å². The largest absolute Gasteiger partial charge is 0.333 e. The van der Waals surface area contributed by atoms with Gasteiger partial charge in [0.05, 0.1) is 17.1 Å². The highest BCUT2D eigenvalue weighted by Crippen LogP contribution is 2.30. The Bertz CT molecular complexity index is 905. The normalized spacial score (nSPS) is 17.3. The maximum absolute atomic E-state index is 12.9. The number of nitrogens with one attached hydrogen (secondary N) is 1. The number of halogens is 1. The molecule has 0 saturated carbocycles. The zero-order valence-corrected chi connectivity index (χ0v) is 16.6. The average molecular weight is 391 g/mol. The first-order valence-corrected chi connectivity index (χ1v) is 9.47. The molecule has 1 aliphatic rings. The quantitative estimate of drug-likeness (QED) is 0.746. The molecule has 3 aromatic rings. The van der Waals surface area contributed by atoms with E-state index in [1.807, 2.05) is 40.8 Å². The van der Waals surface area contributed by atoms with Crippen molar-refractivity contribution in [2.75, 3.05) is 19.6 Å². The van der Waals surface area contributed by atoms with Crippen molar-refractivity contribution in [2.45, 2.75) is 26.4 Å². The van der Waals surface area contributed by atoms with E-state index in [1.54, 1.807) is 11.3 Å². The summed E-state index contributed by atoms with van der Waals surface area (Å²) in [5, 5.41) is 9.09. The average Bonchev–Trinajstić information content (AvgIpc) is 3.18. The number of benzene rings is 1. The van der Waals surface area contributed by atoms with E-state index in [0.717, 1.165) is 47.0 Å². The number of nitrogens with zero attached hydrogens (tertiary/aromatic N) is 3. The Hall–Kier alpha value is -1.89. The lowest BCUT2D eigenvalue weighted by Gasteiger charge is -2.33. The Morgan fingerprint density at radius 3 is 2.85 bits per heavy atom. The summed E-state index contributed by atoms with van der Waals surface area (Å²) < 4.78 is 2.02. The number of aryl methyl sites for hydroxylation is 1. The van der Waals surface area contributed by atoms with E-state index in [0.29, 0.717) is 0 Å². The third-order valence-electron chi connectivity index (χ3n) is 4.76. The van der Waals surface area contributed by atoms with Gasteiger partial charge in [-0.25, -0.2) is 0 Å². The molecule has 5 nitrogen and oxygen atoms in total. The van der Waals surface area contributed by atoms with Crippen LogP contribution in [-0.2, 0) is 6.54 Å². The number of hydrogen-bond donors (Lipinski definition) is 1. The third-order valence-corrected chi connectivity index (χ3v) is 5.89. The topological polar surface area (TPSA) is 50.2 Å². The maximum atomic E-state index is 12.9. The zero-order chi connectivity index (χ0) is 17.4. The second kappa shape index (κ2) is 7.78. The van der Waals surface area contributed by atoms with Crippen molar-refractivity contribution >= 4 is 39.9 Å². The van der Waals surface area contributed by atoms with Crippen molar-refractivity contribution in [3.8, 4) is 0 Å². The lowest BCUT2D eigenvalue weighted by Crippen LogP contribution is -2.52. The Morgan fingerprint density at radius 2 is 2.12 bits per heavy atom. The molecule has 1 atom stereocenters. The summed E-state index contributed by atoms with van der Waals surface area (Å²) >= 11 is 1.56. The maximum Gasteiger partial charge on any atom is 0.264 e. The number of fused-ring (bicyclic) bond motifs is 1. The van der Waals surface area contributed by atoms with Gasteiger partial charge in [0.2, 0.25) is 0 Å². The minimum Gasteiger partial charge on any atom is -0.333 e. The molecule has 1 fully saturated rings. The van der Waals surface area contributed by atoms with Crippen molar-refractivity contribution in [1.29, 1.82) is 0 Å². The van der Waals surface area contributed by atoms with E-state index >= 15 is 0 Å². The lowest BCUT2D eigenvalue weighted by molar-refractivity contribution is 0.0661. The van der Waals surface area contributed by atoms with Crippen LogP contribution in [0.5, 0.6) is 0 Å². The zero-order valence-electron chi connectivity index (χ0n) is 14.9. The fourth-order valence-electron chi connectivity index (χ4n) is 3.37. The SMILES string of the molecule is Cc1nn(Cc2ccccc2)c2sc(C(=O)N3CCNCC3C)cc12.Cl. The minimum absolute atomic E-state index is 0. The second-order valence-corrected chi connectivity index (χ2v) is 7.64. The summed E-state index contributed by atoms with van der Waals surface area (Å²) in [4.78, 5) is 16.8. The van der Waals surface area contributed by atoms with Crippen molar-refractivity contribution < 1.29 is 4.79 Å². The number of piperazine rings is 1. The van der Waals surface area contributed by atoms with E-state index in [9.17, 15) is 4.79 Å². The molecule has 1 aromatic carbocycles. The van der Waals surface area contributed by atoms with E-state index in [1.165, 1.54) is 5.56 Å². The number of rotatable bonds is 3. The predicted octanol–water partition coefficient (Wildman–Crippen LogP) is 3.31. The molecule has 0 aliphatic carbocycles. The van der Waals surface area contributed by atoms with Crippen LogP contribution >= 0.6 is 23.7 Å². The van der Waals surface area contributed by atoms with Crippen LogP contribution in [0.2, 0.25) is 0 Å². The fourth-order valence-corrected chi connectivity index (χ4v) is 4.48. The monoisotopic (exact) mass is 390 g/mol. The van der Waals surface area contributed by atoms with Gasteiger partial charge in [-0.15, -0.1) is 23.7 Å². The van der Waals surface area contributed by atoms with E-state index in [2.05, 4.69) is 29.5 Å². The fraction of sp³-hybridized carbons (Fsp3) is 0.368. The molecule has 1 unspecified atom stereocenters. The first-order valence-electron chi connectivity index (χ1n) is 8.66. The Balaban J connectivity index is 0.00000196. The van der Waals surface area contributed by atoms with E-state index in [4.69, 9.17) is 0 Å². The van der Waals surface area contributed by atoms with Crippen molar-refractivity contribution in [2.24, 2.45) is 0 Å². The highest BCUT2D eigenvalue weighted by atomic mass is 35.5. The molecule has 1 saturated heterocycles. The van der Waals surface area contributed by atoms with Gasteiger partial charge in [0.15, 0.2) is 0 Å². The van der Waals surface area contributed by atoms with Crippen molar-refractivity contribution in [3.05, 3.63) is 52.5 Å². The summed E-state index contributed by atoms with van der Waals surface area (Å²) in [6.07, 6.45) is 0. The molecule has 2 aromatic heterocycles. The van der Waals surface area contributed by atoms with Crippen LogP contribution in [0.3, 0.4) is 0 Å². The highest BCUT2D eigenvalue weighted by molar-refractivity contribution is 7.20. The van der Waals surface area contributed by atoms with Crippen LogP contribution in [0.25, 0.3) is 10.2 Å². The smallest absolute Gasteiger partial charge is 0.264 e. The highest BCUT2D eigenvalue weighted by Gasteiger charge is 2.26. The first kappa shape index (κ1) is 18.9. The Morgan fingerprint density at radius 1 is 1.35 bits per heavy atom. The van der Waals surface area contributed by atoms with Crippen LogP contribution in [0.1, 0.15) is 27.9 Å². The van der Waals surface area contributed by atoms with Gasteiger partial charge < -0.3 is 10.2 Å². The molecule has 0 bridgehead atoms. The van der Waals surface area contributed by atoms with Crippen LogP contribution in [-0.4, -0.2) is 46.3 Å². The second-order valence-electron chi connectivity index (χ2n) is 6.61. The summed E-state index contributed by atoms with van der Waals surface area (Å²) in [7, 11) is 0. The molecule has 1 aliphatic heterocycles. The number of carbonyl (C=O) groups excluding carboxylic acids is 1. The molecule has 0 spiro atoms. The molecule has 4 rings (SSSR count). The number of aromatic nitrogens is 2. The number of thiophene rings is 1. The van der Waals surface area contributed by atoms with E-state index < -0.39 is 0 Å². The number of amides is 1. The van der Waals surface area contributed by atoms with Crippen LogP contribution < -0.4 is 5.32 Å². The Labute approximate surface area is 163 Å². The van der Waals surface area contributed by atoms with Gasteiger partial charge in [-0.1, -0.05) is 30.3 Å². The van der Waals surface area contributed by atoms with E-state index in [-0.39, 0.29) is 24.4 Å². The van der Waals surface area contributed by atoms with Gasteiger partial charge in [-0.05, 0) is 25.5 Å².